The molecule has 0 fully saturated rings. The highest BCUT2D eigenvalue weighted by atomic mass is 35.5. The fourth-order valence-electron chi connectivity index (χ4n) is 2.03. The maximum atomic E-state index is 11.1. The third kappa shape index (κ3) is 5.98. The Balaban J connectivity index is 2.19. The normalized spacial score (nSPS) is 11.9. The molecule has 0 bridgehead atoms. The summed E-state index contributed by atoms with van der Waals surface area (Å²) < 4.78 is 0. The zero-order valence-electron chi connectivity index (χ0n) is 14.7. The smallest absolute Gasteiger partial charge is 0.258 e. The zero-order chi connectivity index (χ0) is 21.4. The van der Waals surface area contributed by atoms with Crippen LogP contribution < -0.4 is 5.43 Å². The quantitative estimate of drug-likeness (QED) is 0.295. The average Bonchev–Trinajstić information content (AvgIpc) is 2.68. The van der Waals surface area contributed by atoms with Gasteiger partial charge in [-0.1, -0.05) is 47.1 Å². The van der Waals surface area contributed by atoms with E-state index in [9.17, 15) is 20.2 Å². The van der Waals surface area contributed by atoms with Gasteiger partial charge in [-0.05, 0) is 18.4 Å². The van der Waals surface area contributed by atoms with E-state index in [4.69, 9.17) is 23.2 Å². The van der Waals surface area contributed by atoms with E-state index in [0.717, 1.165) is 18.0 Å². The molecule has 0 saturated heterocycles. The Morgan fingerprint density at radius 2 is 1.52 bits per heavy atom. The molecule has 13 heteroatoms. The Morgan fingerprint density at radius 3 is 2.00 bits per heavy atom. The van der Waals surface area contributed by atoms with Crippen LogP contribution in [0.25, 0.3) is 0 Å². The second-order valence-corrected chi connectivity index (χ2v) is 6.69. The van der Waals surface area contributed by atoms with Crippen molar-refractivity contribution in [2.24, 2.45) is 15.3 Å². The molecule has 2 aromatic carbocycles. The minimum Gasteiger partial charge on any atom is -0.258 e. The van der Waals surface area contributed by atoms with Gasteiger partial charge in [-0.3, -0.25) is 25.7 Å². The summed E-state index contributed by atoms with van der Waals surface area (Å²) in [6, 6.07) is 8.51. The van der Waals surface area contributed by atoms with Crippen molar-refractivity contribution in [3.8, 4) is 0 Å². The van der Waals surface area contributed by atoms with E-state index in [0.29, 0.717) is 0 Å². The van der Waals surface area contributed by atoms with Gasteiger partial charge in [0.25, 0.3) is 11.4 Å². The second kappa shape index (κ2) is 10.5. The first-order valence-corrected chi connectivity index (χ1v) is 9.63. The fourth-order valence-corrected chi connectivity index (χ4v) is 2.73. The van der Waals surface area contributed by atoms with Crippen molar-refractivity contribution in [2.75, 3.05) is 6.26 Å². The Labute approximate surface area is 178 Å². The minimum absolute atomic E-state index is 0.110. The van der Waals surface area contributed by atoms with Gasteiger partial charge in [0.1, 0.15) is 0 Å². The average molecular weight is 455 g/mol. The van der Waals surface area contributed by atoms with Gasteiger partial charge in [0.05, 0.1) is 43.4 Å². The Morgan fingerprint density at radius 1 is 1.00 bits per heavy atom. The van der Waals surface area contributed by atoms with Crippen molar-refractivity contribution in [2.45, 2.75) is 0 Å². The number of hydrogen-bond acceptors (Lipinski definition) is 8. The maximum absolute atomic E-state index is 11.1. The number of halogens is 2. The highest BCUT2D eigenvalue weighted by Gasteiger charge is 2.15. The van der Waals surface area contributed by atoms with Crippen molar-refractivity contribution in [3.63, 3.8) is 0 Å². The molecule has 0 heterocycles. The highest BCUT2D eigenvalue weighted by molar-refractivity contribution is 8.13. The fraction of sp³-hybridized carbons (Fsp3) is 0.0625. The number of rotatable bonds is 6. The number of nitrogens with one attached hydrogen (secondary N) is 1. The van der Waals surface area contributed by atoms with Gasteiger partial charge in [-0.15, -0.1) is 5.10 Å². The Kier molecular flexibility index (Phi) is 8.07. The van der Waals surface area contributed by atoms with Crippen LogP contribution in [0.4, 0.5) is 11.4 Å². The number of hydrogen-bond donors (Lipinski definition) is 1. The standard InChI is InChI=1S/C16H12Cl2N6O4S/c1-29-16(21-19-8-10-12(17)4-2-6-14(10)23(25)26)22-20-9-11-13(18)5-3-7-15(11)24(27)28/h2-9H,1H3,(H,21,22). The topological polar surface area (TPSA) is 135 Å². The molecular weight excluding hydrogens is 443 g/mol. The van der Waals surface area contributed by atoms with Gasteiger partial charge in [-0.25, -0.2) is 0 Å². The van der Waals surface area contributed by atoms with E-state index in [1.807, 2.05) is 0 Å². The Bertz CT molecular complexity index is 1030. The SMILES string of the molecule is CSC(=NN=Cc1c(Cl)cccc1[N+](=O)[O-])NN=Cc1c(Cl)cccc1[N+](=O)[O-]. The van der Waals surface area contributed by atoms with Gasteiger partial charge in [0.15, 0.2) is 0 Å². The number of nitro groups is 2. The van der Waals surface area contributed by atoms with Gasteiger partial charge in [0.2, 0.25) is 5.17 Å². The summed E-state index contributed by atoms with van der Waals surface area (Å²) in [6.07, 6.45) is 4.03. The number of thioether (sulfide) groups is 1. The van der Waals surface area contributed by atoms with Crippen LogP contribution in [0.2, 0.25) is 10.0 Å². The first-order chi connectivity index (χ1) is 13.8. The van der Waals surface area contributed by atoms with Gasteiger partial charge in [0, 0.05) is 12.1 Å². The van der Waals surface area contributed by atoms with Crippen molar-refractivity contribution >= 4 is 63.9 Å². The van der Waals surface area contributed by atoms with Crippen LogP contribution in [0.15, 0.2) is 51.7 Å². The first-order valence-electron chi connectivity index (χ1n) is 7.65. The maximum Gasteiger partial charge on any atom is 0.279 e. The lowest BCUT2D eigenvalue weighted by Crippen LogP contribution is -2.13. The molecular formula is C16H12Cl2N6O4S. The summed E-state index contributed by atoms with van der Waals surface area (Å²) in [5.41, 5.74) is 2.40. The Hall–Kier alpha value is -3.02. The third-order valence-corrected chi connectivity index (χ3v) is 4.55. The molecule has 10 nitrogen and oxygen atoms in total. The lowest BCUT2D eigenvalue weighted by Gasteiger charge is -2.01. The van der Waals surface area contributed by atoms with E-state index in [2.05, 4.69) is 20.7 Å². The molecule has 1 N–H and O–H groups in total. The molecule has 0 atom stereocenters. The number of benzene rings is 2. The number of hydrazone groups is 1. The molecule has 2 rings (SSSR count). The largest absolute Gasteiger partial charge is 0.279 e. The first kappa shape index (κ1) is 22.3. The summed E-state index contributed by atoms with van der Waals surface area (Å²) >= 11 is 13.1. The molecule has 2 aromatic rings. The lowest BCUT2D eigenvalue weighted by molar-refractivity contribution is -0.385. The molecule has 0 unspecified atom stereocenters. The predicted molar refractivity (Wildman–Crippen MR) is 115 cm³/mol. The molecule has 0 aliphatic carbocycles. The predicted octanol–water partition coefficient (Wildman–Crippen LogP) is 4.49. The molecule has 0 aliphatic heterocycles. The monoisotopic (exact) mass is 454 g/mol. The van der Waals surface area contributed by atoms with E-state index in [1.165, 1.54) is 42.6 Å². The van der Waals surface area contributed by atoms with Crippen LogP contribution in [0.1, 0.15) is 11.1 Å². The van der Waals surface area contributed by atoms with Crippen LogP contribution in [0.5, 0.6) is 0 Å². The van der Waals surface area contributed by atoms with E-state index < -0.39 is 9.85 Å². The van der Waals surface area contributed by atoms with E-state index in [-0.39, 0.29) is 37.7 Å². The van der Waals surface area contributed by atoms with Crippen molar-refractivity contribution in [1.82, 2.24) is 5.43 Å². The summed E-state index contributed by atoms with van der Waals surface area (Å²) in [4.78, 5) is 21.0. The molecule has 0 aromatic heterocycles. The molecule has 0 amide bonds. The van der Waals surface area contributed by atoms with E-state index in [1.54, 1.807) is 6.26 Å². The van der Waals surface area contributed by atoms with Crippen molar-refractivity contribution < 1.29 is 9.85 Å². The molecule has 0 radical (unpaired) electrons. The van der Waals surface area contributed by atoms with Crippen molar-refractivity contribution in [1.29, 1.82) is 0 Å². The van der Waals surface area contributed by atoms with E-state index >= 15 is 0 Å². The van der Waals surface area contributed by atoms with Crippen LogP contribution in [0, 0.1) is 20.2 Å². The zero-order valence-corrected chi connectivity index (χ0v) is 17.0. The van der Waals surface area contributed by atoms with Gasteiger partial charge < -0.3 is 0 Å². The van der Waals surface area contributed by atoms with Crippen LogP contribution in [0.3, 0.4) is 0 Å². The molecule has 0 spiro atoms. The van der Waals surface area contributed by atoms with Gasteiger partial charge >= 0.3 is 0 Å². The van der Waals surface area contributed by atoms with Crippen molar-refractivity contribution in [3.05, 3.63) is 77.8 Å². The number of nitrogens with zero attached hydrogens (tertiary/aromatic N) is 5. The molecule has 150 valence electrons. The molecule has 0 saturated carbocycles. The summed E-state index contributed by atoms with van der Waals surface area (Å²) in [5.74, 6) is 0. The van der Waals surface area contributed by atoms with Crippen LogP contribution in [-0.2, 0) is 0 Å². The summed E-state index contributed by atoms with van der Waals surface area (Å²) in [5, 5.41) is 34.2. The second-order valence-electron chi connectivity index (χ2n) is 5.08. The van der Waals surface area contributed by atoms with Crippen LogP contribution in [-0.4, -0.2) is 33.7 Å². The number of nitro benzene ring substituents is 2. The summed E-state index contributed by atoms with van der Waals surface area (Å²) in [6.45, 7) is 0. The molecule has 29 heavy (non-hydrogen) atoms. The molecule has 0 aliphatic rings. The number of amidine groups is 1. The summed E-state index contributed by atoms with van der Waals surface area (Å²) in [7, 11) is 0. The van der Waals surface area contributed by atoms with Crippen LogP contribution >= 0.6 is 35.0 Å². The lowest BCUT2D eigenvalue weighted by atomic mass is 10.2. The minimum atomic E-state index is -0.578. The highest BCUT2D eigenvalue weighted by Crippen LogP contribution is 2.25. The van der Waals surface area contributed by atoms with Gasteiger partial charge in [-0.2, -0.15) is 10.2 Å². The third-order valence-electron chi connectivity index (χ3n) is 3.34.